The normalized spacial score (nSPS) is 12.7. The van der Waals surface area contributed by atoms with Crippen LogP contribution in [0.1, 0.15) is 34.8 Å². The highest BCUT2D eigenvalue weighted by Gasteiger charge is 2.25. The fraction of sp³-hybridized carbons (Fsp3) is 0.269. The van der Waals surface area contributed by atoms with Gasteiger partial charge in [0.2, 0.25) is 5.91 Å². The smallest absolute Gasteiger partial charge is 0.304 e. The number of hydrogen-bond donors (Lipinski definition) is 3. The number of carboxylic acid groups (broad SMARTS) is 1. The third-order valence-corrected chi connectivity index (χ3v) is 5.54. The maximum Gasteiger partial charge on any atom is 0.304 e. The number of nitrogens with one attached hydrogen (secondary N) is 2. The zero-order valence-electron chi connectivity index (χ0n) is 18.3. The Morgan fingerprint density at radius 1 is 0.875 bits per heavy atom. The number of carbonyl (C=O) groups is 3. The minimum absolute atomic E-state index is 0.181. The lowest BCUT2D eigenvalue weighted by molar-refractivity contribution is -0.141. The van der Waals surface area contributed by atoms with Crippen molar-refractivity contribution in [2.45, 2.75) is 32.2 Å². The van der Waals surface area contributed by atoms with Crippen LogP contribution in [0, 0.1) is 5.92 Å². The van der Waals surface area contributed by atoms with E-state index in [1.54, 1.807) is 19.2 Å². The Balaban J connectivity index is 1.73. The van der Waals surface area contributed by atoms with Gasteiger partial charge in [0.15, 0.2) is 0 Å². The van der Waals surface area contributed by atoms with E-state index in [0.717, 1.165) is 22.3 Å². The summed E-state index contributed by atoms with van der Waals surface area (Å²) in [5.41, 5.74) is 4.41. The molecule has 2 atom stereocenters. The summed E-state index contributed by atoms with van der Waals surface area (Å²) in [6.07, 6.45) is 0.552. The Labute approximate surface area is 188 Å². The van der Waals surface area contributed by atoms with Crippen LogP contribution >= 0.6 is 0 Å². The molecule has 0 fully saturated rings. The highest BCUT2D eigenvalue weighted by Crippen LogP contribution is 2.29. The molecule has 3 N–H and O–H groups in total. The summed E-state index contributed by atoms with van der Waals surface area (Å²) in [6, 6.07) is 20.7. The van der Waals surface area contributed by atoms with E-state index in [1.807, 2.05) is 61.5 Å². The average Bonchev–Trinajstić information content (AvgIpc) is 2.98. The first kappa shape index (κ1) is 23.0. The van der Waals surface area contributed by atoms with Crippen LogP contribution in [0.3, 0.4) is 0 Å². The first-order valence-corrected chi connectivity index (χ1v) is 10.7. The van der Waals surface area contributed by atoms with Gasteiger partial charge >= 0.3 is 5.97 Å². The summed E-state index contributed by atoms with van der Waals surface area (Å²) < 4.78 is 0. The van der Waals surface area contributed by atoms with Crippen molar-refractivity contribution in [3.63, 3.8) is 0 Å². The zero-order chi connectivity index (χ0) is 23.1. The van der Waals surface area contributed by atoms with Crippen LogP contribution in [0.4, 0.5) is 0 Å². The van der Waals surface area contributed by atoms with Gasteiger partial charge in [0.25, 0.3) is 5.91 Å². The van der Waals surface area contributed by atoms with E-state index < -0.39 is 11.9 Å². The molecule has 0 spiro atoms. The van der Waals surface area contributed by atoms with Crippen molar-refractivity contribution in [2.24, 2.45) is 5.92 Å². The van der Waals surface area contributed by atoms with Gasteiger partial charge in [0.05, 0.1) is 12.3 Å². The molecule has 0 aliphatic heterocycles. The van der Waals surface area contributed by atoms with Crippen molar-refractivity contribution in [3.8, 4) is 11.1 Å². The number of carboxylic acids is 1. The molecule has 1 aromatic rings. The van der Waals surface area contributed by atoms with E-state index in [0.29, 0.717) is 18.4 Å². The predicted molar refractivity (Wildman–Crippen MR) is 124 cm³/mol. The van der Waals surface area contributed by atoms with E-state index in [-0.39, 0.29) is 24.3 Å². The van der Waals surface area contributed by atoms with Crippen LogP contribution in [0.5, 0.6) is 0 Å². The summed E-state index contributed by atoms with van der Waals surface area (Å²) in [7, 11) is 1.58. The molecule has 0 heterocycles. The molecule has 0 unspecified atom stereocenters. The average molecular weight is 433 g/mol. The van der Waals surface area contributed by atoms with Crippen LogP contribution in [-0.4, -0.2) is 36.0 Å². The van der Waals surface area contributed by atoms with Gasteiger partial charge in [0.1, 0.15) is 0 Å². The SMILES string of the molecule is CNC(=O)c1ccccc1C[C@@H](C)NC(=O)[C@@H](CC(=O)O)Cc1ccc2cccccc1-2. The largest absolute Gasteiger partial charge is 0.481 e. The molecule has 6 nitrogen and oxygen atoms in total. The molecule has 1 aromatic carbocycles. The molecule has 0 bridgehead atoms. The minimum atomic E-state index is -1.01. The molecule has 2 aliphatic rings. The van der Waals surface area contributed by atoms with Crippen molar-refractivity contribution >= 4 is 17.8 Å². The maximum atomic E-state index is 13.0. The summed E-state index contributed by atoms with van der Waals surface area (Å²) >= 11 is 0. The standard InChI is InChI=1S/C26H28N2O4/c1-17(14-19-9-6-7-11-23(19)26(32)27-2)28-25(31)21(16-24(29)30)15-20-13-12-18-8-4-3-5-10-22(18)20/h3-13,17,21H,14-16H2,1-2H3,(H,27,32)(H,28,31)(H,29,30)/t17-,21-/m1/s1. The van der Waals surface area contributed by atoms with Crippen LogP contribution < -0.4 is 10.6 Å². The number of rotatable bonds is 9. The Hall–Kier alpha value is -3.67. The maximum absolute atomic E-state index is 13.0. The summed E-state index contributed by atoms with van der Waals surface area (Å²) in [5.74, 6) is -2.18. The van der Waals surface area contributed by atoms with E-state index in [2.05, 4.69) is 10.6 Å². The molecule has 166 valence electrons. The summed E-state index contributed by atoms with van der Waals surface area (Å²) in [6.45, 7) is 1.86. The Morgan fingerprint density at radius 2 is 1.59 bits per heavy atom. The highest BCUT2D eigenvalue weighted by atomic mass is 16.4. The fourth-order valence-electron chi connectivity index (χ4n) is 3.99. The lowest BCUT2D eigenvalue weighted by atomic mass is 9.93. The minimum Gasteiger partial charge on any atom is -0.481 e. The van der Waals surface area contributed by atoms with Crippen molar-refractivity contribution in [3.05, 3.63) is 83.4 Å². The van der Waals surface area contributed by atoms with E-state index in [4.69, 9.17) is 0 Å². The summed E-state index contributed by atoms with van der Waals surface area (Å²) in [4.78, 5) is 36.6. The molecule has 2 amide bonds. The third kappa shape index (κ3) is 5.72. The van der Waals surface area contributed by atoms with Crippen molar-refractivity contribution in [2.75, 3.05) is 7.05 Å². The van der Waals surface area contributed by atoms with E-state index >= 15 is 0 Å². The van der Waals surface area contributed by atoms with Gasteiger partial charge in [0, 0.05) is 18.7 Å². The Bertz CT molecular complexity index is 1080. The number of aliphatic carboxylic acids is 1. The molecular weight excluding hydrogens is 404 g/mol. The molecule has 0 radical (unpaired) electrons. The topological polar surface area (TPSA) is 95.5 Å². The van der Waals surface area contributed by atoms with Gasteiger partial charge < -0.3 is 15.7 Å². The van der Waals surface area contributed by atoms with Gasteiger partial charge in [-0.15, -0.1) is 0 Å². The fourth-order valence-corrected chi connectivity index (χ4v) is 3.99. The molecule has 32 heavy (non-hydrogen) atoms. The molecule has 0 aromatic heterocycles. The van der Waals surface area contributed by atoms with Gasteiger partial charge in [-0.25, -0.2) is 0 Å². The van der Waals surface area contributed by atoms with Crippen molar-refractivity contribution in [1.29, 1.82) is 0 Å². The lowest BCUT2D eigenvalue weighted by Gasteiger charge is -2.20. The molecule has 0 saturated heterocycles. The number of hydrogen-bond acceptors (Lipinski definition) is 3. The van der Waals surface area contributed by atoms with Gasteiger partial charge in [-0.3, -0.25) is 14.4 Å². The number of amides is 2. The van der Waals surface area contributed by atoms with E-state index in [1.165, 1.54) is 0 Å². The molecular formula is C26H28N2O4. The summed E-state index contributed by atoms with van der Waals surface area (Å²) in [5, 5.41) is 15.0. The zero-order valence-corrected chi connectivity index (χ0v) is 18.3. The lowest BCUT2D eigenvalue weighted by Crippen LogP contribution is -2.40. The molecule has 6 heteroatoms. The van der Waals surface area contributed by atoms with E-state index in [9.17, 15) is 19.5 Å². The van der Waals surface area contributed by atoms with Crippen LogP contribution in [0.15, 0.2) is 66.7 Å². The van der Waals surface area contributed by atoms with Crippen molar-refractivity contribution in [1.82, 2.24) is 10.6 Å². The van der Waals surface area contributed by atoms with Crippen LogP contribution in [0.25, 0.3) is 11.1 Å². The van der Waals surface area contributed by atoms with Crippen molar-refractivity contribution < 1.29 is 19.5 Å². The first-order valence-electron chi connectivity index (χ1n) is 10.7. The number of benzene rings is 1. The quantitative estimate of drug-likeness (QED) is 0.482. The second-order valence-corrected chi connectivity index (χ2v) is 7.99. The van der Waals surface area contributed by atoms with Gasteiger partial charge in [-0.2, -0.15) is 0 Å². The van der Waals surface area contributed by atoms with Crippen LogP contribution in [-0.2, 0) is 22.4 Å². The Kier molecular flexibility index (Phi) is 7.60. The Morgan fingerprint density at radius 3 is 2.34 bits per heavy atom. The van der Waals surface area contributed by atoms with Gasteiger partial charge in [-0.05, 0) is 48.1 Å². The second-order valence-electron chi connectivity index (χ2n) is 7.99. The number of carbonyl (C=O) groups excluding carboxylic acids is 2. The highest BCUT2D eigenvalue weighted by molar-refractivity contribution is 5.95. The second kappa shape index (κ2) is 10.6. The predicted octanol–water partition coefficient (Wildman–Crippen LogP) is 3.53. The monoisotopic (exact) mass is 432 g/mol. The third-order valence-electron chi connectivity index (χ3n) is 5.54. The molecule has 0 saturated carbocycles. The van der Waals surface area contributed by atoms with Crippen LogP contribution in [0.2, 0.25) is 0 Å². The molecule has 3 rings (SSSR count). The van der Waals surface area contributed by atoms with Gasteiger partial charge in [-0.1, -0.05) is 60.7 Å². The first-order chi connectivity index (χ1) is 15.4. The number of fused-ring (bicyclic) bond motifs is 1. The molecule has 2 aliphatic carbocycles.